The van der Waals surface area contributed by atoms with Gasteiger partial charge in [-0.25, -0.2) is 4.39 Å². The van der Waals surface area contributed by atoms with Crippen molar-refractivity contribution in [1.82, 2.24) is 4.90 Å². The van der Waals surface area contributed by atoms with E-state index in [1.165, 1.54) is 12.1 Å². The second-order valence-electron chi connectivity index (χ2n) is 3.80. The molecule has 1 heterocycles. The predicted octanol–water partition coefficient (Wildman–Crippen LogP) is 1.03. The van der Waals surface area contributed by atoms with E-state index in [9.17, 15) is 4.39 Å². The van der Waals surface area contributed by atoms with Crippen LogP contribution in [0.5, 0.6) is 0 Å². The third-order valence-electron chi connectivity index (χ3n) is 2.61. The zero-order valence-electron chi connectivity index (χ0n) is 8.23. The Morgan fingerprint density at radius 2 is 2.00 bits per heavy atom. The Bertz CT molecular complexity index is 376. The van der Waals surface area contributed by atoms with Crippen molar-refractivity contribution in [2.75, 3.05) is 13.1 Å². The number of benzene rings is 1. The summed E-state index contributed by atoms with van der Waals surface area (Å²) in [6.45, 7) is 1.46. The van der Waals surface area contributed by atoms with E-state index in [1.54, 1.807) is 12.1 Å². The van der Waals surface area contributed by atoms with Crippen LogP contribution in [0.25, 0.3) is 0 Å². The molecule has 1 aliphatic rings. The van der Waals surface area contributed by atoms with Gasteiger partial charge in [0.25, 0.3) is 0 Å². The van der Waals surface area contributed by atoms with Gasteiger partial charge in [0, 0.05) is 19.1 Å². The van der Waals surface area contributed by atoms with Crippen LogP contribution in [0.2, 0.25) is 0 Å². The van der Waals surface area contributed by atoms with Crippen LogP contribution in [0.15, 0.2) is 24.3 Å². The van der Waals surface area contributed by atoms with Crippen molar-refractivity contribution >= 4 is 0 Å². The molecule has 0 amide bonds. The Balaban J connectivity index is 2.14. The maximum atomic E-state index is 12.7. The van der Waals surface area contributed by atoms with Gasteiger partial charge in [-0.2, -0.15) is 5.26 Å². The third kappa shape index (κ3) is 1.99. The number of nitrogens with zero attached hydrogens (tertiary/aromatic N) is 2. The first-order chi connectivity index (χ1) is 7.20. The molecule has 1 aliphatic heterocycles. The highest BCUT2D eigenvalue weighted by Gasteiger charge is 2.30. The maximum Gasteiger partial charge on any atom is 0.123 e. The summed E-state index contributed by atoms with van der Waals surface area (Å²) in [5, 5.41) is 9.04. The Hall–Kier alpha value is -1.44. The van der Waals surface area contributed by atoms with E-state index in [-0.39, 0.29) is 17.9 Å². The van der Waals surface area contributed by atoms with Crippen molar-refractivity contribution in [1.29, 1.82) is 5.26 Å². The van der Waals surface area contributed by atoms with Crippen LogP contribution in [-0.4, -0.2) is 24.0 Å². The van der Waals surface area contributed by atoms with Crippen molar-refractivity contribution in [3.05, 3.63) is 35.6 Å². The predicted molar refractivity (Wildman–Crippen MR) is 54.3 cm³/mol. The van der Waals surface area contributed by atoms with Crippen LogP contribution in [0.3, 0.4) is 0 Å². The van der Waals surface area contributed by atoms with Gasteiger partial charge in [-0.15, -0.1) is 0 Å². The van der Waals surface area contributed by atoms with Crippen LogP contribution < -0.4 is 5.73 Å². The molecular formula is C11H12FN3. The third-order valence-corrected chi connectivity index (χ3v) is 2.61. The molecule has 78 valence electrons. The van der Waals surface area contributed by atoms with Gasteiger partial charge < -0.3 is 5.73 Å². The fraction of sp³-hybridized carbons (Fsp3) is 0.364. The lowest BCUT2D eigenvalue weighted by molar-refractivity contribution is 0.121. The molecule has 0 aromatic heterocycles. The molecule has 0 saturated carbocycles. The average Bonchev–Trinajstić information content (AvgIpc) is 2.19. The van der Waals surface area contributed by atoms with Crippen LogP contribution in [0.1, 0.15) is 11.6 Å². The van der Waals surface area contributed by atoms with Gasteiger partial charge in [0.2, 0.25) is 0 Å². The monoisotopic (exact) mass is 205 g/mol. The molecule has 1 saturated heterocycles. The largest absolute Gasteiger partial charge is 0.325 e. The molecule has 0 unspecified atom stereocenters. The van der Waals surface area contributed by atoms with Crippen molar-refractivity contribution in [2.45, 2.75) is 12.1 Å². The number of likely N-dealkylation sites (tertiary alicyclic amines) is 1. The van der Waals surface area contributed by atoms with Crippen LogP contribution in [0.4, 0.5) is 4.39 Å². The zero-order valence-corrected chi connectivity index (χ0v) is 8.23. The Morgan fingerprint density at radius 3 is 2.47 bits per heavy atom. The van der Waals surface area contributed by atoms with E-state index in [1.807, 2.05) is 4.90 Å². The summed E-state index contributed by atoms with van der Waals surface area (Å²) in [5.41, 5.74) is 6.48. The van der Waals surface area contributed by atoms with Crippen LogP contribution >= 0.6 is 0 Å². The number of nitriles is 1. The van der Waals surface area contributed by atoms with Crippen molar-refractivity contribution in [3.8, 4) is 6.07 Å². The second kappa shape index (κ2) is 3.97. The van der Waals surface area contributed by atoms with Gasteiger partial charge in [-0.05, 0) is 17.7 Å². The smallest absolute Gasteiger partial charge is 0.123 e. The summed E-state index contributed by atoms with van der Waals surface area (Å²) >= 11 is 0. The standard InChI is InChI=1S/C11H12FN3/c12-9-3-1-8(2-4-9)11(5-13)15-6-10(14)7-15/h1-4,10-11H,6-7,14H2/t11-/m0/s1. The van der Waals surface area contributed by atoms with Gasteiger partial charge >= 0.3 is 0 Å². The topological polar surface area (TPSA) is 53.0 Å². The molecule has 0 aliphatic carbocycles. The number of hydrogen-bond donors (Lipinski definition) is 1. The average molecular weight is 205 g/mol. The van der Waals surface area contributed by atoms with Gasteiger partial charge in [-0.1, -0.05) is 12.1 Å². The molecule has 1 aromatic carbocycles. The van der Waals surface area contributed by atoms with Crippen LogP contribution in [0, 0.1) is 17.1 Å². The maximum absolute atomic E-state index is 12.7. The summed E-state index contributed by atoms with van der Waals surface area (Å²) in [5.74, 6) is -0.282. The van der Waals surface area contributed by atoms with Gasteiger partial charge in [-0.3, -0.25) is 4.90 Å². The van der Waals surface area contributed by atoms with Crippen molar-refractivity contribution < 1.29 is 4.39 Å². The minimum atomic E-state index is -0.301. The van der Waals surface area contributed by atoms with Crippen LogP contribution in [-0.2, 0) is 0 Å². The SMILES string of the molecule is N#C[C@@H](c1ccc(F)cc1)N1CC(N)C1. The van der Waals surface area contributed by atoms with Gasteiger partial charge in [0.05, 0.1) is 6.07 Å². The molecule has 0 spiro atoms. The lowest BCUT2D eigenvalue weighted by Crippen LogP contribution is -2.56. The first kappa shape index (κ1) is 10.1. The number of hydrogen-bond acceptors (Lipinski definition) is 3. The highest BCUT2D eigenvalue weighted by molar-refractivity contribution is 5.25. The fourth-order valence-corrected chi connectivity index (χ4v) is 1.77. The summed E-state index contributed by atoms with van der Waals surface area (Å²) in [6.07, 6.45) is 0. The molecule has 15 heavy (non-hydrogen) atoms. The fourth-order valence-electron chi connectivity index (χ4n) is 1.77. The lowest BCUT2D eigenvalue weighted by atomic mass is 10.0. The number of halogens is 1. The highest BCUT2D eigenvalue weighted by atomic mass is 19.1. The molecule has 1 aromatic rings. The zero-order chi connectivity index (χ0) is 10.8. The van der Waals surface area contributed by atoms with E-state index < -0.39 is 0 Å². The van der Waals surface area contributed by atoms with E-state index in [2.05, 4.69) is 6.07 Å². The van der Waals surface area contributed by atoms with E-state index in [4.69, 9.17) is 11.0 Å². The first-order valence-electron chi connectivity index (χ1n) is 4.85. The second-order valence-corrected chi connectivity index (χ2v) is 3.80. The van der Waals surface area contributed by atoms with E-state index in [0.717, 1.165) is 18.7 Å². The summed E-state index contributed by atoms with van der Waals surface area (Å²) in [4.78, 5) is 1.98. The van der Waals surface area contributed by atoms with Gasteiger partial charge in [0.1, 0.15) is 11.9 Å². The molecular weight excluding hydrogens is 193 g/mol. The molecule has 3 nitrogen and oxygen atoms in total. The molecule has 2 rings (SSSR count). The molecule has 2 N–H and O–H groups in total. The van der Waals surface area contributed by atoms with E-state index in [0.29, 0.717) is 0 Å². The minimum absolute atomic E-state index is 0.168. The number of nitrogens with two attached hydrogens (primary N) is 1. The summed E-state index contributed by atoms with van der Waals surface area (Å²) in [7, 11) is 0. The minimum Gasteiger partial charge on any atom is -0.325 e. The Morgan fingerprint density at radius 1 is 1.40 bits per heavy atom. The molecule has 1 atom stereocenters. The highest BCUT2D eigenvalue weighted by Crippen LogP contribution is 2.24. The molecule has 4 heteroatoms. The normalized spacial score (nSPS) is 19.3. The molecule has 0 bridgehead atoms. The molecule has 0 radical (unpaired) electrons. The van der Waals surface area contributed by atoms with Gasteiger partial charge in [0.15, 0.2) is 0 Å². The van der Waals surface area contributed by atoms with E-state index >= 15 is 0 Å². The van der Waals surface area contributed by atoms with Crippen molar-refractivity contribution in [2.24, 2.45) is 5.73 Å². The summed E-state index contributed by atoms with van der Waals surface area (Å²) < 4.78 is 12.7. The van der Waals surface area contributed by atoms with Crippen molar-refractivity contribution in [3.63, 3.8) is 0 Å². The number of rotatable bonds is 2. The Kier molecular flexibility index (Phi) is 2.67. The first-order valence-corrected chi connectivity index (χ1v) is 4.85. The lowest BCUT2D eigenvalue weighted by Gasteiger charge is -2.39. The summed E-state index contributed by atoms with van der Waals surface area (Å²) in [6, 6.07) is 8.12. The quantitative estimate of drug-likeness (QED) is 0.784. The molecule has 1 fully saturated rings. The Labute approximate surface area is 87.9 Å².